The van der Waals surface area contributed by atoms with E-state index in [0.29, 0.717) is 0 Å². The van der Waals surface area contributed by atoms with Crippen molar-refractivity contribution in [2.75, 3.05) is 5.75 Å². The van der Waals surface area contributed by atoms with Gasteiger partial charge in [-0.15, -0.1) is 11.8 Å². The van der Waals surface area contributed by atoms with E-state index in [2.05, 4.69) is 18.0 Å². The Balaban J connectivity index is 2.38. The quantitative estimate of drug-likeness (QED) is 0.668. The van der Waals surface area contributed by atoms with Gasteiger partial charge in [0.05, 0.1) is 17.2 Å². The second-order valence-electron chi connectivity index (χ2n) is 4.72. The number of ether oxygens (including phenoxy) is 1. The van der Waals surface area contributed by atoms with Crippen LogP contribution in [-0.2, 0) is 10.2 Å². The maximum atomic E-state index is 9.32. The summed E-state index contributed by atoms with van der Waals surface area (Å²) in [7, 11) is 0. The topological polar surface area (TPSA) is 69.4 Å². The Morgan fingerprint density at radius 2 is 2.28 bits per heavy atom. The van der Waals surface area contributed by atoms with Gasteiger partial charge < -0.3 is 9.84 Å². The molecule has 1 fully saturated rings. The molecule has 1 N–H and O–H groups in total. The fourth-order valence-corrected chi connectivity index (χ4v) is 2.49. The molecule has 0 amide bonds. The highest BCUT2D eigenvalue weighted by Gasteiger charge is 2.41. The van der Waals surface area contributed by atoms with E-state index in [1.54, 1.807) is 18.0 Å². The van der Waals surface area contributed by atoms with E-state index in [1.165, 1.54) is 0 Å². The second kappa shape index (κ2) is 4.88. The number of hydrogen-bond donors (Lipinski definition) is 1. The van der Waals surface area contributed by atoms with Crippen LogP contribution in [0.1, 0.15) is 38.1 Å². The van der Waals surface area contributed by atoms with Crippen LogP contribution >= 0.6 is 11.8 Å². The van der Waals surface area contributed by atoms with Gasteiger partial charge in [0.15, 0.2) is 12.4 Å². The number of aromatic nitrogens is 1. The van der Waals surface area contributed by atoms with Gasteiger partial charge in [-0.3, -0.25) is 4.98 Å². The van der Waals surface area contributed by atoms with Crippen LogP contribution in [0, 0.1) is 11.3 Å². The fraction of sp³-hybridized carbons (Fsp3) is 0.538. The first kappa shape index (κ1) is 13.3. The molecule has 1 aliphatic heterocycles. The van der Waals surface area contributed by atoms with Crippen LogP contribution in [0.2, 0.25) is 0 Å². The number of aliphatic hydroxyl groups is 1. The SMILES string of the molecule is CCSc1cc(C(C)(C)C#N)cnc1C1OC1O. The van der Waals surface area contributed by atoms with Gasteiger partial charge in [-0.1, -0.05) is 6.92 Å². The predicted molar refractivity (Wildman–Crippen MR) is 69.1 cm³/mol. The molecule has 1 saturated heterocycles. The smallest absolute Gasteiger partial charge is 0.188 e. The number of epoxide rings is 1. The Morgan fingerprint density at radius 1 is 1.61 bits per heavy atom. The summed E-state index contributed by atoms with van der Waals surface area (Å²) in [5, 5.41) is 18.5. The van der Waals surface area contributed by atoms with Crippen LogP contribution in [-0.4, -0.2) is 22.1 Å². The Labute approximate surface area is 111 Å². The molecule has 0 saturated carbocycles. The van der Waals surface area contributed by atoms with Crippen LogP contribution in [0.5, 0.6) is 0 Å². The zero-order valence-electron chi connectivity index (χ0n) is 10.7. The van der Waals surface area contributed by atoms with Crippen molar-refractivity contribution in [2.24, 2.45) is 0 Å². The van der Waals surface area contributed by atoms with Gasteiger partial charge in [-0.05, 0) is 31.2 Å². The fourth-order valence-electron chi connectivity index (χ4n) is 1.65. The molecule has 96 valence electrons. The predicted octanol–water partition coefficient (Wildman–Crippen LogP) is 2.38. The zero-order valence-corrected chi connectivity index (χ0v) is 11.5. The number of rotatable bonds is 4. The van der Waals surface area contributed by atoms with Gasteiger partial charge in [-0.2, -0.15) is 5.26 Å². The van der Waals surface area contributed by atoms with E-state index in [0.717, 1.165) is 21.9 Å². The lowest BCUT2D eigenvalue weighted by molar-refractivity contribution is 0.156. The van der Waals surface area contributed by atoms with Gasteiger partial charge in [0.2, 0.25) is 0 Å². The highest BCUT2D eigenvalue weighted by molar-refractivity contribution is 7.99. The summed E-state index contributed by atoms with van der Waals surface area (Å²) in [5.41, 5.74) is 1.10. The van der Waals surface area contributed by atoms with E-state index in [9.17, 15) is 5.11 Å². The molecule has 1 aromatic heterocycles. The first-order chi connectivity index (χ1) is 8.49. The molecule has 18 heavy (non-hydrogen) atoms. The molecule has 1 aromatic rings. The molecule has 2 atom stereocenters. The van der Waals surface area contributed by atoms with Crippen LogP contribution in [0.25, 0.3) is 0 Å². The Kier molecular flexibility index (Phi) is 3.62. The largest absolute Gasteiger partial charge is 0.365 e. The number of pyridine rings is 1. The first-order valence-electron chi connectivity index (χ1n) is 5.87. The minimum absolute atomic E-state index is 0.307. The molecule has 0 radical (unpaired) electrons. The first-order valence-corrected chi connectivity index (χ1v) is 6.86. The van der Waals surface area contributed by atoms with Gasteiger partial charge in [-0.25, -0.2) is 0 Å². The maximum Gasteiger partial charge on any atom is 0.188 e. The molecular formula is C13H16N2O2S. The average molecular weight is 264 g/mol. The molecule has 2 unspecified atom stereocenters. The van der Waals surface area contributed by atoms with Gasteiger partial charge in [0.1, 0.15) is 0 Å². The highest BCUT2D eigenvalue weighted by atomic mass is 32.2. The maximum absolute atomic E-state index is 9.32. The van der Waals surface area contributed by atoms with Crippen LogP contribution < -0.4 is 0 Å². The van der Waals surface area contributed by atoms with Crippen molar-refractivity contribution in [2.45, 2.75) is 43.5 Å². The van der Waals surface area contributed by atoms with Crippen LogP contribution in [0.3, 0.4) is 0 Å². The summed E-state index contributed by atoms with van der Waals surface area (Å²) in [6, 6.07) is 4.25. The molecule has 2 heterocycles. The Bertz CT molecular complexity index is 496. The normalized spacial score (nSPS) is 22.6. The molecule has 0 aliphatic carbocycles. The second-order valence-corrected chi connectivity index (χ2v) is 6.03. The number of nitrogens with zero attached hydrogens (tertiary/aromatic N) is 2. The molecule has 4 nitrogen and oxygen atoms in total. The lowest BCUT2D eigenvalue weighted by atomic mass is 9.87. The van der Waals surface area contributed by atoms with Gasteiger partial charge in [0.25, 0.3) is 0 Å². The number of aliphatic hydroxyl groups excluding tert-OH is 1. The Morgan fingerprint density at radius 3 is 2.78 bits per heavy atom. The third-order valence-corrected chi connectivity index (χ3v) is 3.85. The lowest BCUT2D eigenvalue weighted by Gasteiger charge is -2.17. The summed E-state index contributed by atoms with van der Waals surface area (Å²) < 4.78 is 5.06. The van der Waals surface area contributed by atoms with Crippen LogP contribution in [0.4, 0.5) is 0 Å². The zero-order chi connectivity index (χ0) is 13.3. The van der Waals surface area contributed by atoms with Crippen molar-refractivity contribution >= 4 is 11.8 Å². The molecule has 2 rings (SSSR count). The molecular weight excluding hydrogens is 248 g/mol. The standard InChI is InChI=1S/C13H16N2O2S/c1-4-18-9-5-8(13(2,3)7-14)6-15-10(9)11-12(16)17-11/h5-6,11-12,16H,4H2,1-3H3. The summed E-state index contributed by atoms with van der Waals surface area (Å²) in [4.78, 5) is 5.35. The minimum Gasteiger partial charge on any atom is -0.365 e. The van der Waals surface area contributed by atoms with Crippen molar-refractivity contribution in [3.8, 4) is 6.07 Å². The molecule has 0 bridgehead atoms. The van der Waals surface area contributed by atoms with E-state index >= 15 is 0 Å². The molecule has 5 heteroatoms. The van der Waals surface area contributed by atoms with Crippen molar-refractivity contribution < 1.29 is 9.84 Å². The molecule has 0 aromatic carbocycles. The summed E-state index contributed by atoms with van der Waals surface area (Å²) >= 11 is 1.65. The van der Waals surface area contributed by atoms with E-state index in [1.807, 2.05) is 19.9 Å². The van der Waals surface area contributed by atoms with E-state index in [4.69, 9.17) is 10.00 Å². The van der Waals surface area contributed by atoms with Crippen molar-refractivity contribution in [1.29, 1.82) is 5.26 Å². The monoisotopic (exact) mass is 264 g/mol. The summed E-state index contributed by atoms with van der Waals surface area (Å²) in [5.74, 6) is 0.911. The van der Waals surface area contributed by atoms with Crippen molar-refractivity contribution in [1.82, 2.24) is 4.98 Å². The van der Waals surface area contributed by atoms with Crippen molar-refractivity contribution in [3.63, 3.8) is 0 Å². The third kappa shape index (κ3) is 2.51. The Hall–Kier alpha value is -1.09. The number of nitriles is 1. The van der Waals surface area contributed by atoms with Crippen LogP contribution in [0.15, 0.2) is 17.2 Å². The van der Waals surface area contributed by atoms with E-state index < -0.39 is 11.7 Å². The lowest BCUT2D eigenvalue weighted by Crippen LogP contribution is -2.15. The third-order valence-electron chi connectivity index (χ3n) is 2.92. The molecule has 0 spiro atoms. The summed E-state index contributed by atoms with van der Waals surface area (Å²) in [6.45, 7) is 5.79. The van der Waals surface area contributed by atoms with Gasteiger partial charge in [0, 0.05) is 11.1 Å². The average Bonchev–Trinajstić information content (AvgIpc) is 3.06. The number of thioether (sulfide) groups is 1. The number of hydrogen-bond acceptors (Lipinski definition) is 5. The van der Waals surface area contributed by atoms with Crippen molar-refractivity contribution in [3.05, 3.63) is 23.5 Å². The van der Waals surface area contributed by atoms with Gasteiger partial charge >= 0.3 is 0 Å². The minimum atomic E-state index is -0.733. The van der Waals surface area contributed by atoms with E-state index in [-0.39, 0.29) is 6.10 Å². The highest BCUT2D eigenvalue weighted by Crippen LogP contribution is 2.41. The molecule has 1 aliphatic rings. The summed E-state index contributed by atoms with van der Waals surface area (Å²) in [6.07, 6.45) is 0.661.